The van der Waals surface area contributed by atoms with Crippen LogP contribution < -0.4 is 15.4 Å². The molecule has 0 spiro atoms. The number of rotatable bonds is 8. The Balaban J connectivity index is 1.59. The summed E-state index contributed by atoms with van der Waals surface area (Å²) < 4.78 is 6.45. The van der Waals surface area contributed by atoms with E-state index in [0.717, 1.165) is 10.0 Å². The predicted octanol–water partition coefficient (Wildman–Crippen LogP) is 6.23. The van der Waals surface area contributed by atoms with Crippen molar-refractivity contribution in [2.45, 2.75) is 26.8 Å². The third-order valence-electron chi connectivity index (χ3n) is 4.82. The summed E-state index contributed by atoms with van der Waals surface area (Å²) in [5.41, 5.74) is 2.68. The highest BCUT2D eigenvalue weighted by Crippen LogP contribution is 2.27. The Morgan fingerprint density at radius 1 is 0.875 bits per heavy atom. The third kappa shape index (κ3) is 6.44. The van der Waals surface area contributed by atoms with Gasteiger partial charge in [0.25, 0.3) is 11.8 Å². The first-order valence-corrected chi connectivity index (χ1v) is 11.3. The van der Waals surface area contributed by atoms with Crippen LogP contribution in [0.2, 0.25) is 0 Å². The van der Waals surface area contributed by atoms with Gasteiger partial charge in [-0.25, -0.2) is 0 Å². The van der Waals surface area contributed by atoms with Crippen molar-refractivity contribution in [3.63, 3.8) is 0 Å². The van der Waals surface area contributed by atoms with E-state index < -0.39 is 0 Å². The number of hydrogen-bond donors (Lipinski definition) is 2. The number of ether oxygens (including phenoxy) is 1. The second kappa shape index (κ2) is 11.0. The van der Waals surface area contributed by atoms with Crippen LogP contribution in [0, 0.1) is 5.92 Å². The number of nitrogens with one attached hydrogen (secondary N) is 2. The van der Waals surface area contributed by atoms with E-state index in [9.17, 15) is 9.59 Å². The molecule has 0 bridgehead atoms. The number of halogens is 1. The van der Waals surface area contributed by atoms with Gasteiger partial charge in [0.2, 0.25) is 0 Å². The maximum absolute atomic E-state index is 12.6. The molecule has 1 unspecified atom stereocenters. The molecule has 2 amide bonds. The number of carbonyl (C=O) groups is 2. The Hall–Kier alpha value is -3.12. The fourth-order valence-electron chi connectivity index (χ4n) is 3.03. The Kier molecular flexibility index (Phi) is 8.06. The Morgan fingerprint density at radius 2 is 1.53 bits per heavy atom. The standard InChI is InChI=1S/C26H27BrN2O3/c1-17(2)16-32-24-14-11-21(15-23(24)27)26(31)29-22-12-9-20(10-13-22)25(30)28-18(3)19-7-5-4-6-8-19/h4-15,17-18H,16H2,1-3H3,(H,28,30)(H,29,31). The summed E-state index contributed by atoms with van der Waals surface area (Å²) in [5.74, 6) is 0.711. The van der Waals surface area contributed by atoms with Crippen LogP contribution in [0.4, 0.5) is 5.69 Å². The summed E-state index contributed by atoms with van der Waals surface area (Å²) >= 11 is 3.46. The largest absolute Gasteiger partial charge is 0.492 e. The smallest absolute Gasteiger partial charge is 0.255 e. The molecule has 0 heterocycles. The zero-order valence-electron chi connectivity index (χ0n) is 18.4. The van der Waals surface area contributed by atoms with E-state index in [2.05, 4.69) is 40.4 Å². The van der Waals surface area contributed by atoms with Crippen molar-refractivity contribution >= 4 is 33.4 Å². The average Bonchev–Trinajstić information content (AvgIpc) is 2.79. The summed E-state index contributed by atoms with van der Waals surface area (Å²) in [4.78, 5) is 25.1. The Morgan fingerprint density at radius 3 is 2.16 bits per heavy atom. The van der Waals surface area contributed by atoms with Gasteiger partial charge >= 0.3 is 0 Å². The van der Waals surface area contributed by atoms with Crippen molar-refractivity contribution in [2.24, 2.45) is 5.92 Å². The lowest BCUT2D eigenvalue weighted by Gasteiger charge is -2.14. The van der Waals surface area contributed by atoms with Gasteiger partial charge in [0.15, 0.2) is 0 Å². The molecule has 0 fully saturated rings. The first-order valence-electron chi connectivity index (χ1n) is 10.5. The lowest BCUT2D eigenvalue weighted by molar-refractivity contribution is 0.0939. The molecule has 0 radical (unpaired) electrons. The van der Waals surface area contributed by atoms with Crippen molar-refractivity contribution in [1.82, 2.24) is 5.32 Å². The summed E-state index contributed by atoms with van der Waals surface area (Å²) in [7, 11) is 0. The lowest BCUT2D eigenvalue weighted by Crippen LogP contribution is -2.26. The maximum Gasteiger partial charge on any atom is 0.255 e. The number of carbonyl (C=O) groups excluding carboxylic acids is 2. The van der Waals surface area contributed by atoms with Crippen LogP contribution >= 0.6 is 15.9 Å². The molecule has 0 aliphatic rings. The van der Waals surface area contributed by atoms with Gasteiger partial charge in [0.1, 0.15) is 5.75 Å². The summed E-state index contributed by atoms with van der Waals surface area (Å²) in [6.45, 7) is 6.70. The second-order valence-electron chi connectivity index (χ2n) is 7.99. The summed E-state index contributed by atoms with van der Waals surface area (Å²) in [6, 6.07) is 21.7. The van der Waals surface area contributed by atoms with Crippen LogP contribution in [-0.4, -0.2) is 18.4 Å². The molecule has 3 rings (SSSR count). The molecular formula is C26H27BrN2O3. The number of hydrogen-bond acceptors (Lipinski definition) is 3. The number of benzene rings is 3. The van der Waals surface area contributed by atoms with Gasteiger partial charge in [-0.3, -0.25) is 9.59 Å². The van der Waals surface area contributed by atoms with Crippen molar-refractivity contribution in [1.29, 1.82) is 0 Å². The molecule has 0 aliphatic heterocycles. The highest BCUT2D eigenvalue weighted by molar-refractivity contribution is 9.10. The van der Waals surface area contributed by atoms with Crippen LogP contribution in [0.15, 0.2) is 77.3 Å². The minimum absolute atomic E-state index is 0.103. The molecule has 32 heavy (non-hydrogen) atoms. The first-order chi connectivity index (χ1) is 15.3. The molecule has 0 aromatic heterocycles. The molecule has 1 atom stereocenters. The van der Waals surface area contributed by atoms with E-state index in [4.69, 9.17) is 4.74 Å². The van der Waals surface area contributed by atoms with Gasteiger partial charge in [0.05, 0.1) is 17.1 Å². The molecule has 0 saturated heterocycles. The molecule has 3 aromatic carbocycles. The normalized spacial score (nSPS) is 11.7. The topological polar surface area (TPSA) is 67.4 Å². The van der Waals surface area contributed by atoms with Gasteiger partial charge < -0.3 is 15.4 Å². The van der Waals surface area contributed by atoms with Gasteiger partial charge in [-0.1, -0.05) is 44.2 Å². The SMILES string of the molecule is CC(C)COc1ccc(C(=O)Nc2ccc(C(=O)NC(C)c3ccccc3)cc2)cc1Br. The first kappa shape index (κ1) is 23.5. The van der Waals surface area contributed by atoms with Gasteiger partial charge in [-0.05, 0) is 76.8 Å². The van der Waals surface area contributed by atoms with E-state index >= 15 is 0 Å². The van der Waals surface area contributed by atoms with Crippen molar-refractivity contribution in [3.8, 4) is 5.75 Å². The molecule has 3 aromatic rings. The van der Waals surface area contributed by atoms with Crippen LogP contribution in [0.1, 0.15) is 53.1 Å². The Labute approximate surface area is 197 Å². The van der Waals surface area contributed by atoms with Crippen molar-refractivity contribution < 1.29 is 14.3 Å². The highest BCUT2D eigenvalue weighted by Gasteiger charge is 2.13. The van der Waals surface area contributed by atoms with Gasteiger partial charge in [-0.2, -0.15) is 0 Å². The van der Waals surface area contributed by atoms with Crippen molar-refractivity contribution in [2.75, 3.05) is 11.9 Å². The number of amides is 2. The van der Waals surface area contributed by atoms with Crippen LogP contribution in [-0.2, 0) is 0 Å². The third-order valence-corrected chi connectivity index (χ3v) is 5.44. The molecule has 166 valence electrons. The van der Waals surface area contributed by atoms with E-state index in [0.29, 0.717) is 35.1 Å². The maximum atomic E-state index is 12.6. The monoisotopic (exact) mass is 494 g/mol. The van der Waals surface area contributed by atoms with E-state index in [1.807, 2.05) is 37.3 Å². The molecule has 0 aliphatic carbocycles. The average molecular weight is 495 g/mol. The van der Waals surface area contributed by atoms with E-state index in [1.54, 1.807) is 42.5 Å². The fourth-order valence-corrected chi connectivity index (χ4v) is 3.52. The molecule has 6 heteroatoms. The van der Waals surface area contributed by atoms with Crippen molar-refractivity contribution in [3.05, 3.63) is 94.0 Å². The van der Waals surface area contributed by atoms with Crippen LogP contribution in [0.3, 0.4) is 0 Å². The molecule has 0 saturated carbocycles. The van der Waals surface area contributed by atoms with E-state index in [1.165, 1.54) is 0 Å². The quantitative estimate of drug-likeness (QED) is 0.390. The summed E-state index contributed by atoms with van der Waals surface area (Å²) in [5, 5.41) is 5.84. The minimum Gasteiger partial charge on any atom is -0.492 e. The van der Waals surface area contributed by atoms with Gasteiger partial charge in [0, 0.05) is 16.8 Å². The van der Waals surface area contributed by atoms with E-state index in [-0.39, 0.29) is 17.9 Å². The molecule has 2 N–H and O–H groups in total. The summed E-state index contributed by atoms with van der Waals surface area (Å²) in [6.07, 6.45) is 0. The zero-order valence-corrected chi connectivity index (χ0v) is 20.0. The minimum atomic E-state index is -0.240. The fraction of sp³-hybridized carbons (Fsp3) is 0.231. The number of anilines is 1. The molecule has 5 nitrogen and oxygen atoms in total. The van der Waals surface area contributed by atoms with Crippen LogP contribution in [0.5, 0.6) is 5.75 Å². The van der Waals surface area contributed by atoms with Crippen LogP contribution in [0.25, 0.3) is 0 Å². The lowest BCUT2D eigenvalue weighted by atomic mass is 10.1. The zero-order chi connectivity index (χ0) is 23.1. The molecular weight excluding hydrogens is 468 g/mol. The second-order valence-corrected chi connectivity index (χ2v) is 8.84. The Bertz CT molecular complexity index is 1070. The predicted molar refractivity (Wildman–Crippen MR) is 131 cm³/mol. The van der Waals surface area contributed by atoms with Gasteiger partial charge in [-0.15, -0.1) is 0 Å². The highest BCUT2D eigenvalue weighted by atomic mass is 79.9.